The Bertz CT molecular complexity index is 466. The van der Waals surface area contributed by atoms with Crippen molar-refractivity contribution in [1.29, 1.82) is 0 Å². The van der Waals surface area contributed by atoms with E-state index in [1.54, 1.807) is 6.07 Å². The lowest BCUT2D eigenvalue weighted by atomic mass is 9.95. The second-order valence-corrected chi connectivity index (χ2v) is 6.87. The summed E-state index contributed by atoms with van der Waals surface area (Å²) in [4.78, 5) is 4.98. The number of likely N-dealkylation sites (tertiary alicyclic amines) is 1. The van der Waals surface area contributed by atoms with Gasteiger partial charge in [0.15, 0.2) is 0 Å². The standard InChI is InChI=1S/C17H24BrFN2/c18-12-15-16(19)4-3-5-17(15)21-10-6-14(7-11-21)13-20-8-1-2-9-20/h3-5,14H,1-2,6-13H2. The molecule has 2 heterocycles. The molecule has 116 valence electrons. The molecule has 0 bridgehead atoms. The average molecular weight is 355 g/mol. The van der Waals surface area contributed by atoms with Crippen molar-refractivity contribution in [3.05, 3.63) is 29.6 Å². The van der Waals surface area contributed by atoms with Crippen LogP contribution in [0.15, 0.2) is 18.2 Å². The van der Waals surface area contributed by atoms with Gasteiger partial charge in [-0.1, -0.05) is 22.0 Å². The molecular weight excluding hydrogens is 331 g/mol. The molecule has 0 unspecified atom stereocenters. The van der Waals surface area contributed by atoms with E-state index in [4.69, 9.17) is 0 Å². The van der Waals surface area contributed by atoms with Crippen LogP contribution in [0, 0.1) is 11.7 Å². The number of hydrogen-bond acceptors (Lipinski definition) is 2. The fraction of sp³-hybridized carbons (Fsp3) is 0.647. The van der Waals surface area contributed by atoms with E-state index in [-0.39, 0.29) is 5.82 Å². The Morgan fingerprint density at radius 3 is 2.48 bits per heavy atom. The second-order valence-electron chi connectivity index (χ2n) is 6.31. The first-order valence-corrected chi connectivity index (χ1v) is 9.20. The van der Waals surface area contributed by atoms with Crippen LogP contribution < -0.4 is 4.90 Å². The molecule has 0 aliphatic carbocycles. The summed E-state index contributed by atoms with van der Waals surface area (Å²) in [6, 6.07) is 5.44. The number of piperidine rings is 1. The zero-order chi connectivity index (χ0) is 14.7. The van der Waals surface area contributed by atoms with Gasteiger partial charge in [0.2, 0.25) is 0 Å². The summed E-state index contributed by atoms with van der Waals surface area (Å²) in [7, 11) is 0. The van der Waals surface area contributed by atoms with Gasteiger partial charge in [-0.05, 0) is 56.8 Å². The topological polar surface area (TPSA) is 6.48 Å². The number of alkyl halides is 1. The number of benzene rings is 1. The van der Waals surface area contributed by atoms with E-state index in [9.17, 15) is 4.39 Å². The lowest BCUT2D eigenvalue weighted by Gasteiger charge is -2.36. The monoisotopic (exact) mass is 354 g/mol. The molecule has 0 N–H and O–H groups in total. The smallest absolute Gasteiger partial charge is 0.129 e. The van der Waals surface area contributed by atoms with Gasteiger partial charge in [0.05, 0.1) is 0 Å². The molecule has 1 aromatic rings. The molecule has 2 nitrogen and oxygen atoms in total. The summed E-state index contributed by atoms with van der Waals surface area (Å²) in [6.45, 7) is 5.96. The zero-order valence-electron chi connectivity index (χ0n) is 12.5. The molecule has 0 radical (unpaired) electrons. The average Bonchev–Trinajstić information content (AvgIpc) is 3.01. The molecule has 2 saturated heterocycles. The Morgan fingerprint density at radius 1 is 1.10 bits per heavy atom. The molecule has 21 heavy (non-hydrogen) atoms. The minimum absolute atomic E-state index is 0.0939. The number of nitrogens with zero attached hydrogens (tertiary/aromatic N) is 2. The summed E-state index contributed by atoms with van der Waals surface area (Å²) in [5, 5.41) is 0.586. The number of halogens is 2. The van der Waals surface area contributed by atoms with Crippen LogP contribution in [0.25, 0.3) is 0 Å². The third-order valence-electron chi connectivity index (χ3n) is 4.90. The summed E-state index contributed by atoms with van der Waals surface area (Å²) >= 11 is 3.42. The zero-order valence-corrected chi connectivity index (χ0v) is 14.1. The Hall–Kier alpha value is -0.610. The van der Waals surface area contributed by atoms with Crippen LogP contribution in [0.5, 0.6) is 0 Å². The van der Waals surface area contributed by atoms with E-state index in [0.717, 1.165) is 30.3 Å². The predicted molar refractivity (Wildman–Crippen MR) is 89.6 cm³/mol. The van der Waals surface area contributed by atoms with E-state index in [0.29, 0.717) is 5.33 Å². The Morgan fingerprint density at radius 2 is 1.81 bits per heavy atom. The maximum absolute atomic E-state index is 13.9. The van der Waals surface area contributed by atoms with Crippen molar-refractivity contribution in [1.82, 2.24) is 4.90 Å². The van der Waals surface area contributed by atoms with Crippen molar-refractivity contribution in [2.24, 2.45) is 5.92 Å². The van der Waals surface area contributed by atoms with Gasteiger partial charge in [0.25, 0.3) is 0 Å². The minimum atomic E-state index is -0.0939. The maximum atomic E-state index is 13.9. The molecule has 2 aliphatic heterocycles. The summed E-state index contributed by atoms with van der Waals surface area (Å²) < 4.78 is 13.9. The van der Waals surface area contributed by atoms with Crippen molar-refractivity contribution < 1.29 is 4.39 Å². The molecule has 2 aliphatic rings. The van der Waals surface area contributed by atoms with Gasteiger partial charge in [0.1, 0.15) is 5.82 Å². The van der Waals surface area contributed by atoms with E-state index in [2.05, 4.69) is 31.8 Å². The van der Waals surface area contributed by atoms with Crippen molar-refractivity contribution in [3.8, 4) is 0 Å². The van der Waals surface area contributed by atoms with Gasteiger partial charge >= 0.3 is 0 Å². The predicted octanol–water partition coefficient (Wildman–Crippen LogP) is 4.03. The first-order valence-electron chi connectivity index (χ1n) is 8.08. The quantitative estimate of drug-likeness (QED) is 0.753. The number of anilines is 1. The largest absolute Gasteiger partial charge is 0.371 e. The van der Waals surface area contributed by atoms with Gasteiger partial charge in [-0.3, -0.25) is 0 Å². The fourth-order valence-electron chi connectivity index (χ4n) is 3.66. The molecule has 3 rings (SSSR count). The molecule has 2 fully saturated rings. The molecule has 0 amide bonds. The third kappa shape index (κ3) is 3.59. The highest BCUT2D eigenvalue weighted by atomic mass is 79.9. The molecule has 1 aromatic carbocycles. The fourth-order valence-corrected chi connectivity index (χ4v) is 4.22. The number of hydrogen-bond donors (Lipinski definition) is 0. The van der Waals surface area contributed by atoms with Crippen LogP contribution in [-0.4, -0.2) is 37.6 Å². The van der Waals surface area contributed by atoms with Gasteiger partial charge in [-0.15, -0.1) is 0 Å². The molecule has 0 atom stereocenters. The van der Waals surface area contributed by atoms with E-state index < -0.39 is 0 Å². The second kappa shape index (κ2) is 7.10. The highest BCUT2D eigenvalue weighted by Crippen LogP contribution is 2.30. The van der Waals surface area contributed by atoms with Crippen LogP contribution >= 0.6 is 15.9 Å². The molecule has 0 aromatic heterocycles. The van der Waals surface area contributed by atoms with Crippen molar-refractivity contribution >= 4 is 21.6 Å². The molecule has 0 saturated carbocycles. The summed E-state index contributed by atoms with van der Waals surface area (Å²) in [5.74, 6) is 0.726. The summed E-state index contributed by atoms with van der Waals surface area (Å²) in [5.41, 5.74) is 1.88. The van der Waals surface area contributed by atoms with E-state index in [1.165, 1.54) is 45.3 Å². The molecule has 4 heteroatoms. The van der Waals surface area contributed by atoms with Crippen LogP contribution in [0.3, 0.4) is 0 Å². The van der Waals surface area contributed by atoms with Gasteiger partial charge < -0.3 is 9.80 Å². The molecular formula is C17H24BrFN2. The van der Waals surface area contributed by atoms with Gasteiger partial charge in [-0.2, -0.15) is 0 Å². The van der Waals surface area contributed by atoms with Crippen LogP contribution in [-0.2, 0) is 5.33 Å². The maximum Gasteiger partial charge on any atom is 0.129 e. The highest BCUT2D eigenvalue weighted by Gasteiger charge is 2.24. The highest BCUT2D eigenvalue weighted by molar-refractivity contribution is 9.08. The lowest BCUT2D eigenvalue weighted by molar-refractivity contribution is 0.249. The van der Waals surface area contributed by atoms with Crippen molar-refractivity contribution in [2.45, 2.75) is 31.0 Å². The van der Waals surface area contributed by atoms with Gasteiger partial charge in [-0.25, -0.2) is 4.39 Å². The summed E-state index contributed by atoms with van der Waals surface area (Å²) in [6.07, 6.45) is 5.21. The van der Waals surface area contributed by atoms with Gasteiger partial charge in [0, 0.05) is 36.2 Å². The normalized spacial score (nSPS) is 21.1. The third-order valence-corrected chi connectivity index (χ3v) is 5.46. The van der Waals surface area contributed by atoms with Crippen molar-refractivity contribution in [3.63, 3.8) is 0 Å². The van der Waals surface area contributed by atoms with Crippen LogP contribution in [0.2, 0.25) is 0 Å². The van der Waals surface area contributed by atoms with E-state index >= 15 is 0 Å². The molecule has 0 spiro atoms. The van der Waals surface area contributed by atoms with Crippen molar-refractivity contribution in [2.75, 3.05) is 37.6 Å². The Kier molecular flexibility index (Phi) is 5.17. The Balaban J connectivity index is 1.59. The minimum Gasteiger partial charge on any atom is -0.371 e. The first-order chi connectivity index (χ1) is 10.3. The Labute approximate surface area is 135 Å². The van der Waals surface area contributed by atoms with Crippen LogP contribution in [0.4, 0.5) is 10.1 Å². The van der Waals surface area contributed by atoms with E-state index in [1.807, 2.05) is 6.07 Å². The first kappa shape index (κ1) is 15.3. The number of rotatable bonds is 4. The van der Waals surface area contributed by atoms with Crippen LogP contribution in [0.1, 0.15) is 31.2 Å². The SMILES string of the molecule is Fc1cccc(N2CCC(CN3CCCC3)CC2)c1CBr. The lowest BCUT2D eigenvalue weighted by Crippen LogP contribution is -2.38.